The number of thiophene rings is 1. The van der Waals surface area contributed by atoms with E-state index in [1.807, 2.05) is 41.8 Å². The normalized spacial score (nSPS) is 12.7. The van der Waals surface area contributed by atoms with Gasteiger partial charge >= 0.3 is 5.69 Å². The van der Waals surface area contributed by atoms with Crippen molar-refractivity contribution in [3.8, 4) is 0 Å². The second kappa shape index (κ2) is 6.65. The molecule has 6 heteroatoms. The van der Waals surface area contributed by atoms with Crippen molar-refractivity contribution in [2.75, 3.05) is 0 Å². The molecule has 126 valence electrons. The number of aryl methyl sites for hydroxylation is 1. The molecule has 2 aromatic heterocycles. The minimum Gasteiger partial charge on any atom is -0.347 e. The number of nitrogens with one attached hydrogen (secondary N) is 1. The molecule has 0 saturated carbocycles. The maximum absolute atomic E-state index is 12.6. The zero-order valence-electron chi connectivity index (χ0n) is 14.0. The second-order valence-corrected chi connectivity index (χ2v) is 7.20. The van der Waals surface area contributed by atoms with E-state index in [2.05, 4.69) is 19.2 Å². The summed E-state index contributed by atoms with van der Waals surface area (Å²) in [6.07, 6.45) is 0. The summed E-state index contributed by atoms with van der Waals surface area (Å²) < 4.78 is 3.10. The van der Waals surface area contributed by atoms with Crippen molar-refractivity contribution >= 4 is 28.3 Å². The fourth-order valence-corrected chi connectivity index (χ4v) is 3.86. The lowest BCUT2D eigenvalue weighted by molar-refractivity contribution is -0.122. The van der Waals surface area contributed by atoms with Crippen LogP contribution >= 0.6 is 11.3 Å². The number of carbonyl (C=O) groups is 1. The first-order valence-corrected chi connectivity index (χ1v) is 8.84. The van der Waals surface area contributed by atoms with E-state index < -0.39 is 0 Å². The number of carbonyl (C=O) groups excluding carboxylic acids is 1. The van der Waals surface area contributed by atoms with Crippen LogP contribution in [0.15, 0.2) is 46.6 Å². The molecule has 0 spiro atoms. The van der Waals surface area contributed by atoms with Crippen molar-refractivity contribution < 1.29 is 4.79 Å². The van der Waals surface area contributed by atoms with Gasteiger partial charge in [-0.15, -0.1) is 11.3 Å². The van der Waals surface area contributed by atoms with Gasteiger partial charge in [-0.25, -0.2) is 4.79 Å². The summed E-state index contributed by atoms with van der Waals surface area (Å²) in [6.45, 7) is 4.18. The topological polar surface area (TPSA) is 56.0 Å². The highest BCUT2D eigenvalue weighted by Crippen LogP contribution is 2.25. The number of amides is 1. The third-order valence-corrected chi connectivity index (χ3v) is 5.14. The Labute approximate surface area is 144 Å². The molecule has 0 fully saturated rings. The highest BCUT2D eigenvalue weighted by Gasteiger charge is 2.20. The van der Waals surface area contributed by atoms with E-state index in [1.54, 1.807) is 23.0 Å². The Kier molecular flexibility index (Phi) is 4.57. The van der Waals surface area contributed by atoms with Crippen LogP contribution in [0.5, 0.6) is 0 Å². The van der Waals surface area contributed by atoms with Gasteiger partial charge in [0.15, 0.2) is 0 Å². The number of imidazole rings is 1. The predicted molar refractivity (Wildman–Crippen MR) is 97.2 cm³/mol. The monoisotopic (exact) mass is 343 g/mol. The van der Waals surface area contributed by atoms with E-state index in [0.717, 1.165) is 15.9 Å². The summed E-state index contributed by atoms with van der Waals surface area (Å²) in [5.74, 6) is 0.123. The molecule has 2 heterocycles. The molecule has 5 nitrogen and oxygen atoms in total. The van der Waals surface area contributed by atoms with Gasteiger partial charge in [0.05, 0.1) is 17.1 Å². The van der Waals surface area contributed by atoms with Crippen LogP contribution in [-0.4, -0.2) is 15.0 Å². The highest BCUT2D eigenvalue weighted by atomic mass is 32.1. The molecule has 0 radical (unpaired) electrons. The molecule has 0 saturated heterocycles. The number of benzene rings is 1. The Morgan fingerprint density at radius 2 is 1.88 bits per heavy atom. The zero-order chi connectivity index (χ0) is 17.3. The molecule has 0 aliphatic carbocycles. The molecule has 3 rings (SSSR count). The summed E-state index contributed by atoms with van der Waals surface area (Å²) >= 11 is 1.63. The van der Waals surface area contributed by atoms with Gasteiger partial charge < -0.3 is 5.32 Å². The lowest BCUT2D eigenvalue weighted by Gasteiger charge is -2.21. The summed E-state index contributed by atoms with van der Waals surface area (Å²) in [5.41, 5.74) is 1.43. The molecule has 24 heavy (non-hydrogen) atoms. The maximum Gasteiger partial charge on any atom is 0.329 e. The van der Waals surface area contributed by atoms with Gasteiger partial charge in [-0.1, -0.05) is 32.0 Å². The first kappa shape index (κ1) is 16.5. The minimum absolute atomic E-state index is 0.0226. The van der Waals surface area contributed by atoms with Crippen LogP contribution in [0.25, 0.3) is 11.0 Å². The Morgan fingerprint density at radius 1 is 1.17 bits per heavy atom. The smallest absolute Gasteiger partial charge is 0.329 e. The van der Waals surface area contributed by atoms with E-state index in [-0.39, 0.29) is 30.1 Å². The van der Waals surface area contributed by atoms with Gasteiger partial charge in [0.2, 0.25) is 5.91 Å². The molecule has 1 N–H and O–H groups in total. The number of para-hydroxylation sites is 2. The molecular weight excluding hydrogens is 322 g/mol. The Bertz CT molecular complexity index is 906. The number of hydrogen-bond acceptors (Lipinski definition) is 3. The summed E-state index contributed by atoms with van der Waals surface area (Å²) in [7, 11) is 1.72. The standard InChI is InChI=1S/C18H21N3O2S/c1-12(2)17(15-9-6-10-24-15)19-16(22)11-21-14-8-5-4-7-13(14)20(3)18(21)23/h4-10,12,17H,11H2,1-3H3,(H,19,22). The molecule has 0 aliphatic rings. The molecule has 1 amide bonds. The maximum atomic E-state index is 12.6. The summed E-state index contributed by atoms with van der Waals surface area (Å²) in [5, 5.41) is 5.08. The van der Waals surface area contributed by atoms with Crippen LogP contribution in [0.4, 0.5) is 0 Å². The van der Waals surface area contributed by atoms with Crippen LogP contribution in [0.2, 0.25) is 0 Å². The van der Waals surface area contributed by atoms with Gasteiger partial charge in [-0.3, -0.25) is 13.9 Å². The van der Waals surface area contributed by atoms with Crippen LogP contribution in [0.1, 0.15) is 24.8 Å². The first-order valence-electron chi connectivity index (χ1n) is 7.96. The second-order valence-electron chi connectivity index (χ2n) is 6.22. The highest BCUT2D eigenvalue weighted by molar-refractivity contribution is 7.10. The van der Waals surface area contributed by atoms with E-state index in [9.17, 15) is 9.59 Å². The quantitative estimate of drug-likeness (QED) is 0.774. The van der Waals surface area contributed by atoms with Gasteiger partial charge in [0.25, 0.3) is 0 Å². The predicted octanol–water partition coefficient (Wildman–Crippen LogP) is 2.92. The van der Waals surface area contributed by atoms with Gasteiger partial charge in [0, 0.05) is 11.9 Å². The van der Waals surface area contributed by atoms with Gasteiger partial charge in [-0.2, -0.15) is 0 Å². The van der Waals surface area contributed by atoms with E-state index >= 15 is 0 Å². The van der Waals surface area contributed by atoms with Crippen LogP contribution in [0.3, 0.4) is 0 Å². The van der Waals surface area contributed by atoms with Crippen molar-refractivity contribution in [1.82, 2.24) is 14.5 Å². The van der Waals surface area contributed by atoms with Crippen molar-refractivity contribution in [2.24, 2.45) is 13.0 Å². The third-order valence-electron chi connectivity index (χ3n) is 4.19. The molecular formula is C18H21N3O2S. The number of nitrogens with zero attached hydrogens (tertiary/aromatic N) is 2. The van der Waals surface area contributed by atoms with Crippen molar-refractivity contribution in [3.05, 3.63) is 57.1 Å². The number of hydrogen-bond donors (Lipinski definition) is 1. The lowest BCUT2D eigenvalue weighted by atomic mass is 10.0. The van der Waals surface area contributed by atoms with Crippen LogP contribution < -0.4 is 11.0 Å². The number of aromatic nitrogens is 2. The molecule has 0 aliphatic heterocycles. The van der Waals surface area contributed by atoms with Gasteiger partial charge in [0.1, 0.15) is 6.54 Å². The molecule has 0 bridgehead atoms. The third kappa shape index (κ3) is 3.01. The number of fused-ring (bicyclic) bond motifs is 1. The fraction of sp³-hybridized carbons (Fsp3) is 0.333. The Morgan fingerprint density at radius 3 is 2.50 bits per heavy atom. The van der Waals surface area contributed by atoms with Crippen LogP contribution in [-0.2, 0) is 18.4 Å². The summed E-state index contributed by atoms with van der Waals surface area (Å²) in [6, 6.07) is 11.5. The summed E-state index contributed by atoms with van der Waals surface area (Å²) in [4.78, 5) is 26.1. The van der Waals surface area contributed by atoms with Crippen LogP contribution in [0, 0.1) is 5.92 Å². The molecule has 1 unspecified atom stereocenters. The zero-order valence-corrected chi connectivity index (χ0v) is 14.8. The van der Waals surface area contributed by atoms with Gasteiger partial charge in [-0.05, 0) is 29.5 Å². The minimum atomic E-state index is -0.177. The largest absolute Gasteiger partial charge is 0.347 e. The molecule has 3 aromatic rings. The average molecular weight is 343 g/mol. The average Bonchev–Trinajstić information content (AvgIpc) is 3.16. The molecule has 1 atom stereocenters. The number of rotatable bonds is 5. The van der Waals surface area contributed by atoms with Crippen molar-refractivity contribution in [2.45, 2.75) is 26.4 Å². The SMILES string of the molecule is CC(C)C(NC(=O)Cn1c(=O)n(C)c2ccccc21)c1cccs1. The van der Waals surface area contributed by atoms with E-state index in [4.69, 9.17) is 0 Å². The van der Waals surface area contributed by atoms with E-state index in [0.29, 0.717) is 0 Å². The van der Waals surface area contributed by atoms with Crippen molar-refractivity contribution in [3.63, 3.8) is 0 Å². The first-order chi connectivity index (χ1) is 11.5. The fourth-order valence-electron chi connectivity index (χ4n) is 2.91. The Balaban J connectivity index is 1.85. The molecule has 1 aromatic carbocycles. The Hall–Kier alpha value is -2.34. The van der Waals surface area contributed by atoms with E-state index in [1.165, 1.54) is 4.57 Å². The van der Waals surface area contributed by atoms with Crippen molar-refractivity contribution in [1.29, 1.82) is 0 Å². The lowest BCUT2D eigenvalue weighted by Crippen LogP contribution is -2.36.